The van der Waals surface area contributed by atoms with Crippen LogP contribution in [0.2, 0.25) is 0 Å². The Balaban J connectivity index is 1.54. The average Bonchev–Trinajstić information content (AvgIpc) is 3.24. The minimum absolute atomic E-state index is 0.163. The van der Waals surface area contributed by atoms with Crippen molar-refractivity contribution in [2.24, 2.45) is 4.99 Å². The van der Waals surface area contributed by atoms with E-state index in [0.717, 1.165) is 58.0 Å². The maximum atomic E-state index is 5.95. The molecule has 2 aliphatic heterocycles. The van der Waals surface area contributed by atoms with Crippen LogP contribution in [-0.2, 0) is 4.74 Å². The van der Waals surface area contributed by atoms with Crippen LogP contribution in [0.4, 0.5) is 0 Å². The van der Waals surface area contributed by atoms with E-state index < -0.39 is 0 Å². The largest absolute Gasteiger partial charge is 0.472 e. The van der Waals surface area contributed by atoms with Crippen LogP contribution in [0.1, 0.15) is 26.2 Å². The van der Waals surface area contributed by atoms with E-state index in [1.54, 1.807) is 6.20 Å². The van der Waals surface area contributed by atoms with Crippen LogP contribution in [-0.4, -0.2) is 60.8 Å². The predicted octanol–water partition coefficient (Wildman–Crippen LogP) is 1.68. The van der Waals surface area contributed by atoms with Crippen molar-refractivity contribution in [3.05, 3.63) is 24.4 Å². The average molecular weight is 318 g/mol. The molecule has 1 N–H and O–H groups in total. The van der Waals surface area contributed by atoms with Gasteiger partial charge in [-0.3, -0.25) is 4.99 Å². The SMILES string of the molecule is CCNC(=NCC1CCCO1)N1CCC(Oc2ccccn2)C1. The molecule has 2 fully saturated rings. The van der Waals surface area contributed by atoms with Gasteiger partial charge in [-0.25, -0.2) is 4.98 Å². The summed E-state index contributed by atoms with van der Waals surface area (Å²) in [5.74, 6) is 1.66. The fourth-order valence-corrected chi connectivity index (χ4v) is 3.01. The maximum absolute atomic E-state index is 5.95. The first-order valence-corrected chi connectivity index (χ1v) is 8.57. The second-order valence-corrected chi connectivity index (χ2v) is 5.97. The van der Waals surface area contributed by atoms with Gasteiger partial charge < -0.3 is 19.7 Å². The molecule has 126 valence electrons. The molecule has 0 bridgehead atoms. The Morgan fingerprint density at radius 1 is 1.48 bits per heavy atom. The van der Waals surface area contributed by atoms with Gasteiger partial charge in [0, 0.05) is 38.4 Å². The van der Waals surface area contributed by atoms with Crippen molar-refractivity contribution >= 4 is 5.96 Å². The Bertz CT molecular complexity index is 503. The molecule has 2 atom stereocenters. The number of guanidine groups is 1. The van der Waals surface area contributed by atoms with Crippen LogP contribution >= 0.6 is 0 Å². The highest BCUT2D eigenvalue weighted by molar-refractivity contribution is 5.80. The first kappa shape index (κ1) is 16.1. The third-order valence-electron chi connectivity index (χ3n) is 4.17. The molecule has 0 aliphatic carbocycles. The number of nitrogens with one attached hydrogen (secondary N) is 1. The molecule has 2 saturated heterocycles. The Morgan fingerprint density at radius 2 is 2.43 bits per heavy atom. The molecule has 0 radical (unpaired) electrons. The molecule has 0 spiro atoms. The van der Waals surface area contributed by atoms with Crippen molar-refractivity contribution in [3.8, 4) is 5.88 Å². The Labute approximate surface area is 137 Å². The monoisotopic (exact) mass is 318 g/mol. The molecule has 0 saturated carbocycles. The summed E-state index contributed by atoms with van der Waals surface area (Å²) in [6, 6.07) is 5.75. The molecule has 2 aliphatic rings. The van der Waals surface area contributed by atoms with Crippen molar-refractivity contribution in [1.29, 1.82) is 0 Å². The third-order valence-corrected chi connectivity index (χ3v) is 4.17. The Morgan fingerprint density at radius 3 is 3.17 bits per heavy atom. The van der Waals surface area contributed by atoms with Crippen molar-refractivity contribution in [1.82, 2.24) is 15.2 Å². The highest BCUT2D eigenvalue weighted by Crippen LogP contribution is 2.17. The van der Waals surface area contributed by atoms with Gasteiger partial charge in [0.25, 0.3) is 0 Å². The van der Waals surface area contributed by atoms with Crippen LogP contribution in [0.3, 0.4) is 0 Å². The minimum Gasteiger partial charge on any atom is -0.472 e. The second kappa shape index (κ2) is 8.15. The molecule has 1 aromatic rings. The van der Waals surface area contributed by atoms with Crippen LogP contribution < -0.4 is 10.1 Å². The second-order valence-electron chi connectivity index (χ2n) is 5.97. The van der Waals surface area contributed by atoms with E-state index in [9.17, 15) is 0 Å². The number of hydrogen-bond donors (Lipinski definition) is 1. The number of ether oxygens (including phenoxy) is 2. The van der Waals surface area contributed by atoms with Gasteiger partial charge in [-0.1, -0.05) is 6.07 Å². The van der Waals surface area contributed by atoms with Gasteiger partial charge in [0.1, 0.15) is 6.10 Å². The first-order chi connectivity index (χ1) is 11.3. The minimum atomic E-state index is 0.163. The van der Waals surface area contributed by atoms with E-state index >= 15 is 0 Å². The van der Waals surface area contributed by atoms with E-state index in [2.05, 4.69) is 22.1 Å². The molecule has 3 rings (SSSR count). The molecule has 1 aromatic heterocycles. The highest BCUT2D eigenvalue weighted by atomic mass is 16.5. The zero-order valence-electron chi connectivity index (χ0n) is 13.8. The smallest absolute Gasteiger partial charge is 0.213 e. The van der Waals surface area contributed by atoms with Crippen molar-refractivity contribution in [2.45, 2.75) is 38.4 Å². The third kappa shape index (κ3) is 4.58. The molecule has 23 heavy (non-hydrogen) atoms. The number of nitrogens with zero attached hydrogens (tertiary/aromatic N) is 3. The van der Waals surface area contributed by atoms with E-state index in [1.807, 2.05) is 18.2 Å². The van der Waals surface area contributed by atoms with Gasteiger partial charge >= 0.3 is 0 Å². The summed E-state index contributed by atoms with van der Waals surface area (Å²) in [5.41, 5.74) is 0. The summed E-state index contributed by atoms with van der Waals surface area (Å²) in [5, 5.41) is 3.38. The molecule has 0 amide bonds. The first-order valence-electron chi connectivity index (χ1n) is 8.57. The summed E-state index contributed by atoms with van der Waals surface area (Å²) in [6.45, 7) is 6.37. The fraction of sp³-hybridized carbons (Fsp3) is 0.647. The fourth-order valence-electron chi connectivity index (χ4n) is 3.01. The van der Waals surface area contributed by atoms with E-state index in [-0.39, 0.29) is 12.2 Å². The number of aromatic nitrogens is 1. The number of hydrogen-bond acceptors (Lipinski definition) is 4. The molecule has 6 heteroatoms. The van der Waals surface area contributed by atoms with Crippen LogP contribution in [0, 0.1) is 0 Å². The lowest BCUT2D eigenvalue weighted by Crippen LogP contribution is -2.41. The van der Waals surface area contributed by atoms with E-state index in [1.165, 1.54) is 0 Å². The molecule has 6 nitrogen and oxygen atoms in total. The van der Waals surface area contributed by atoms with Crippen molar-refractivity contribution < 1.29 is 9.47 Å². The van der Waals surface area contributed by atoms with Crippen molar-refractivity contribution in [3.63, 3.8) is 0 Å². The quantitative estimate of drug-likeness (QED) is 0.661. The highest BCUT2D eigenvalue weighted by Gasteiger charge is 2.27. The number of rotatable bonds is 5. The predicted molar refractivity (Wildman–Crippen MR) is 89.8 cm³/mol. The lowest BCUT2D eigenvalue weighted by molar-refractivity contribution is 0.117. The standard InChI is InChI=1S/C17H26N4O2/c1-2-18-17(20-12-14-6-5-11-22-14)21-10-8-15(13-21)23-16-7-3-4-9-19-16/h3-4,7,9,14-15H,2,5-6,8,10-13H2,1H3,(H,18,20). The van der Waals surface area contributed by atoms with Gasteiger partial charge in [-0.2, -0.15) is 0 Å². The Kier molecular flexibility index (Phi) is 5.69. The molecule has 2 unspecified atom stereocenters. The van der Waals surface area contributed by atoms with E-state index in [4.69, 9.17) is 14.5 Å². The lowest BCUT2D eigenvalue weighted by atomic mass is 10.2. The molecule has 3 heterocycles. The van der Waals surface area contributed by atoms with Crippen LogP contribution in [0.15, 0.2) is 29.4 Å². The summed E-state index contributed by atoms with van der Waals surface area (Å²) in [4.78, 5) is 11.3. The normalized spacial score (nSPS) is 24.9. The molecule has 0 aromatic carbocycles. The summed E-state index contributed by atoms with van der Waals surface area (Å²) >= 11 is 0. The zero-order valence-corrected chi connectivity index (χ0v) is 13.8. The van der Waals surface area contributed by atoms with Crippen LogP contribution in [0.25, 0.3) is 0 Å². The van der Waals surface area contributed by atoms with Gasteiger partial charge in [-0.15, -0.1) is 0 Å². The summed E-state index contributed by atoms with van der Waals surface area (Å²) in [7, 11) is 0. The van der Waals surface area contributed by atoms with E-state index in [0.29, 0.717) is 5.88 Å². The van der Waals surface area contributed by atoms with Gasteiger partial charge in [0.2, 0.25) is 5.88 Å². The number of aliphatic imine (C=N–C) groups is 1. The molecular weight excluding hydrogens is 292 g/mol. The zero-order chi connectivity index (χ0) is 15.9. The van der Waals surface area contributed by atoms with Gasteiger partial charge in [0.15, 0.2) is 5.96 Å². The lowest BCUT2D eigenvalue weighted by Gasteiger charge is -2.22. The summed E-state index contributed by atoms with van der Waals surface area (Å²) in [6.07, 6.45) is 5.47. The van der Waals surface area contributed by atoms with Gasteiger partial charge in [-0.05, 0) is 25.8 Å². The van der Waals surface area contributed by atoms with Gasteiger partial charge in [0.05, 0.1) is 19.2 Å². The van der Waals surface area contributed by atoms with Crippen molar-refractivity contribution in [2.75, 3.05) is 32.8 Å². The topological polar surface area (TPSA) is 59.0 Å². The maximum Gasteiger partial charge on any atom is 0.213 e. The Hall–Kier alpha value is -1.82. The summed E-state index contributed by atoms with van der Waals surface area (Å²) < 4.78 is 11.6. The molecular formula is C17H26N4O2. The van der Waals surface area contributed by atoms with Crippen LogP contribution in [0.5, 0.6) is 5.88 Å². The number of pyridine rings is 1. The number of likely N-dealkylation sites (tertiary alicyclic amines) is 1.